The fourth-order valence-corrected chi connectivity index (χ4v) is 5.76. The van der Waals surface area contributed by atoms with Crippen LogP contribution in [-0.4, -0.2) is 36.7 Å². The molecule has 0 aliphatic carbocycles. The van der Waals surface area contributed by atoms with Gasteiger partial charge in [-0.1, -0.05) is 41.9 Å². The third kappa shape index (κ3) is 4.63. The lowest BCUT2D eigenvalue weighted by Gasteiger charge is -2.35. The van der Waals surface area contributed by atoms with Gasteiger partial charge in [0.2, 0.25) is 5.91 Å². The molecule has 11 heteroatoms. The first-order chi connectivity index (χ1) is 14.7. The minimum atomic E-state index is -3.90. The maximum Gasteiger partial charge on any atom is 0.280 e. The topological polar surface area (TPSA) is 91.4 Å². The highest BCUT2D eigenvalue weighted by Crippen LogP contribution is 2.34. The van der Waals surface area contributed by atoms with Crippen LogP contribution in [0.4, 0.5) is 10.1 Å². The summed E-state index contributed by atoms with van der Waals surface area (Å²) in [7, 11) is -2.56. The molecule has 0 spiro atoms. The summed E-state index contributed by atoms with van der Waals surface area (Å²) < 4.78 is 42.3. The molecule has 31 heavy (non-hydrogen) atoms. The van der Waals surface area contributed by atoms with Gasteiger partial charge in [0.1, 0.15) is 16.9 Å². The van der Waals surface area contributed by atoms with Crippen molar-refractivity contribution in [3.8, 4) is 10.6 Å². The zero-order valence-electron chi connectivity index (χ0n) is 16.2. The second-order valence-corrected chi connectivity index (χ2v) is 10.2. The number of amides is 1. The lowest BCUT2D eigenvalue weighted by atomic mass is 10.1. The van der Waals surface area contributed by atoms with Crippen LogP contribution < -0.4 is 10.0 Å². The van der Waals surface area contributed by atoms with E-state index in [0.717, 1.165) is 20.9 Å². The summed E-state index contributed by atoms with van der Waals surface area (Å²) in [6.45, 7) is 0. The minimum Gasteiger partial charge on any atom is -0.325 e. The Hall–Kier alpha value is -2.37. The molecule has 0 radical (unpaired) electrons. The lowest BCUT2D eigenvalue weighted by Crippen LogP contribution is -2.55. The van der Waals surface area contributed by atoms with E-state index in [0.29, 0.717) is 4.88 Å². The molecule has 1 amide bonds. The molecule has 2 N–H and O–H groups in total. The molecule has 2 heterocycles. The number of hydrogen-bond donors (Lipinski definition) is 2. The molecule has 3 aromatic rings. The number of carbonyl (C=O) groups excluding carboxylic acids is 1. The van der Waals surface area contributed by atoms with Gasteiger partial charge in [-0.05, 0) is 24.6 Å². The van der Waals surface area contributed by atoms with E-state index in [1.165, 1.54) is 30.5 Å². The van der Waals surface area contributed by atoms with Gasteiger partial charge in [-0.15, -0.1) is 11.3 Å². The molecule has 1 saturated heterocycles. The Morgan fingerprint density at radius 3 is 2.74 bits per heavy atom. The summed E-state index contributed by atoms with van der Waals surface area (Å²) >= 11 is 7.13. The Morgan fingerprint density at radius 2 is 2.03 bits per heavy atom. The number of hydrogen-bond acceptors (Lipinski definition) is 5. The van der Waals surface area contributed by atoms with Crippen molar-refractivity contribution in [1.82, 2.24) is 14.0 Å². The van der Waals surface area contributed by atoms with Crippen LogP contribution in [0.5, 0.6) is 0 Å². The van der Waals surface area contributed by atoms with Gasteiger partial charge in [-0.25, -0.2) is 9.37 Å². The summed E-state index contributed by atoms with van der Waals surface area (Å²) in [6.07, 6.45) is 1.83. The van der Waals surface area contributed by atoms with Gasteiger partial charge in [0.05, 0.1) is 11.1 Å². The van der Waals surface area contributed by atoms with Crippen LogP contribution in [0.2, 0.25) is 5.02 Å². The first kappa shape index (κ1) is 21.8. The van der Waals surface area contributed by atoms with Crippen molar-refractivity contribution in [1.29, 1.82) is 0 Å². The molecule has 1 aromatic heterocycles. The van der Waals surface area contributed by atoms with E-state index in [-0.39, 0.29) is 17.1 Å². The van der Waals surface area contributed by atoms with Crippen LogP contribution in [0.15, 0.2) is 54.7 Å². The molecule has 1 fully saturated rings. The number of likely N-dealkylation sites (N-methyl/N-ethyl adjacent to an activating group) is 1. The smallest absolute Gasteiger partial charge is 0.280 e. The monoisotopic (exact) mass is 480 g/mol. The first-order valence-corrected chi connectivity index (χ1v) is 11.9. The van der Waals surface area contributed by atoms with E-state index in [4.69, 9.17) is 11.6 Å². The number of benzene rings is 2. The number of halogens is 2. The van der Waals surface area contributed by atoms with Crippen molar-refractivity contribution in [3.05, 3.63) is 70.4 Å². The van der Waals surface area contributed by atoms with Crippen molar-refractivity contribution >= 4 is 44.7 Å². The van der Waals surface area contributed by atoms with Crippen molar-refractivity contribution in [2.45, 2.75) is 18.5 Å². The SMILES string of the molecule is CN1C(C(=O)Nc2ccc(F)c(Cl)c2)CC(c2cnc(-c3ccccc3)s2)NS1(=O)=O. The number of thiazole rings is 1. The van der Waals surface area contributed by atoms with Crippen LogP contribution in [0.1, 0.15) is 17.3 Å². The largest absolute Gasteiger partial charge is 0.325 e. The van der Waals surface area contributed by atoms with Crippen LogP contribution in [0, 0.1) is 5.82 Å². The molecule has 1 aliphatic heterocycles. The fourth-order valence-electron chi connectivity index (χ4n) is 3.26. The van der Waals surface area contributed by atoms with E-state index < -0.39 is 34.0 Å². The fraction of sp³-hybridized carbons (Fsp3) is 0.200. The minimum absolute atomic E-state index is 0.139. The molecule has 1 aliphatic rings. The summed E-state index contributed by atoms with van der Waals surface area (Å²) in [6, 6.07) is 11.7. The average Bonchev–Trinajstić information content (AvgIpc) is 3.23. The molecule has 0 saturated carbocycles. The summed E-state index contributed by atoms with van der Waals surface area (Å²) in [4.78, 5) is 18.0. The van der Waals surface area contributed by atoms with Crippen LogP contribution in [-0.2, 0) is 15.0 Å². The third-order valence-corrected chi connectivity index (χ3v) is 7.99. The van der Waals surface area contributed by atoms with Crippen LogP contribution in [0.3, 0.4) is 0 Å². The quantitative estimate of drug-likeness (QED) is 0.593. The van der Waals surface area contributed by atoms with Gasteiger partial charge >= 0.3 is 0 Å². The van der Waals surface area contributed by atoms with Crippen LogP contribution in [0.25, 0.3) is 10.6 Å². The van der Waals surface area contributed by atoms with E-state index in [9.17, 15) is 17.6 Å². The number of anilines is 1. The van der Waals surface area contributed by atoms with Gasteiger partial charge in [-0.3, -0.25) is 4.79 Å². The van der Waals surface area contributed by atoms with Gasteiger partial charge in [0.25, 0.3) is 10.2 Å². The van der Waals surface area contributed by atoms with E-state index in [1.807, 2.05) is 30.3 Å². The zero-order chi connectivity index (χ0) is 22.2. The average molecular weight is 481 g/mol. The Morgan fingerprint density at radius 1 is 1.29 bits per heavy atom. The normalized spacial score (nSPS) is 21.0. The molecule has 0 bridgehead atoms. The van der Waals surface area contributed by atoms with Gasteiger partial charge in [-0.2, -0.15) is 17.4 Å². The van der Waals surface area contributed by atoms with Crippen molar-refractivity contribution in [2.24, 2.45) is 0 Å². The highest BCUT2D eigenvalue weighted by atomic mass is 35.5. The second-order valence-electron chi connectivity index (χ2n) is 7.00. The van der Waals surface area contributed by atoms with Gasteiger partial charge < -0.3 is 5.32 Å². The van der Waals surface area contributed by atoms with E-state index in [2.05, 4.69) is 15.0 Å². The molecule has 162 valence electrons. The van der Waals surface area contributed by atoms with Gasteiger partial charge in [0.15, 0.2) is 0 Å². The number of nitrogens with one attached hydrogen (secondary N) is 2. The Labute approximate surface area is 188 Å². The molecule has 2 aromatic carbocycles. The number of nitrogens with zero attached hydrogens (tertiary/aromatic N) is 2. The molecular formula is C20H18ClFN4O3S2. The van der Waals surface area contributed by atoms with E-state index >= 15 is 0 Å². The number of rotatable bonds is 4. The standard InChI is InChI=1S/C20H18ClFN4O3S2/c1-26-17(19(27)24-13-7-8-15(22)14(21)9-13)10-16(25-31(26,28)29)18-11-23-20(30-18)12-5-3-2-4-6-12/h2-9,11,16-17,25H,10H2,1H3,(H,24,27). The zero-order valence-corrected chi connectivity index (χ0v) is 18.6. The molecule has 2 unspecified atom stereocenters. The number of aromatic nitrogens is 1. The second kappa shape index (κ2) is 8.64. The highest BCUT2D eigenvalue weighted by Gasteiger charge is 2.41. The molecule has 4 rings (SSSR count). The van der Waals surface area contributed by atoms with Gasteiger partial charge in [0, 0.05) is 29.4 Å². The number of carbonyl (C=O) groups is 1. The predicted octanol–water partition coefficient (Wildman–Crippen LogP) is 3.82. The van der Waals surface area contributed by atoms with Crippen molar-refractivity contribution in [3.63, 3.8) is 0 Å². The summed E-state index contributed by atoms with van der Waals surface area (Å²) in [5.74, 6) is -1.14. The lowest BCUT2D eigenvalue weighted by molar-refractivity contribution is -0.120. The Bertz CT molecular complexity index is 1220. The molecular weight excluding hydrogens is 463 g/mol. The maximum atomic E-state index is 13.4. The Kier molecular flexibility index (Phi) is 6.09. The maximum absolute atomic E-state index is 13.4. The molecule has 2 atom stereocenters. The van der Waals surface area contributed by atoms with Crippen molar-refractivity contribution in [2.75, 3.05) is 12.4 Å². The first-order valence-electron chi connectivity index (χ1n) is 9.27. The Balaban J connectivity index is 1.57. The summed E-state index contributed by atoms with van der Waals surface area (Å²) in [5, 5.41) is 3.24. The van der Waals surface area contributed by atoms with E-state index in [1.54, 1.807) is 6.20 Å². The highest BCUT2D eigenvalue weighted by molar-refractivity contribution is 7.87. The third-order valence-electron chi connectivity index (χ3n) is 4.95. The van der Waals surface area contributed by atoms with Crippen LogP contribution >= 0.6 is 22.9 Å². The summed E-state index contributed by atoms with van der Waals surface area (Å²) in [5.41, 5.74) is 1.21. The molecule has 7 nitrogen and oxygen atoms in total. The van der Waals surface area contributed by atoms with Crippen molar-refractivity contribution < 1.29 is 17.6 Å². The predicted molar refractivity (Wildman–Crippen MR) is 119 cm³/mol.